The van der Waals surface area contributed by atoms with Crippen LogP contribution in [-0.2, 0) is 9.53 Å². The van der Waals surface area contributed by atoms with Crippen LogP contribution >= 0.6 is 23.2 Å². The summed E-state index contributed by atoms with van der Waals surface area (Å²) >= 11 is 11.7. The summed E-state index contributed by atoms with van der Waals surface area (Å²) in [5, 5.41) is 3.15. The number of ether oxygens (including phenoxy) is 1. The lowest BCUT2D eigenvalue weighted by atomic mass is 10.1. The van der Waals surface area contributed by atoms with Crippen LogP contribution in [0.4, 0.5) is 4.79 Å². The van der Waals surface area contributed by atoms with E-state index in [4.69, 9.17) is 27.9 Å². The van der Waals surface area contributed by atoms with Gasteiger partial charge in [0.2, 0.25) is 0 Å². The number of carbonyl (C=O) groups excluding carboxylic acids is 2. The first-order chi connectivity index (χ1) is 8.73. The first-order valence-corrected chi connectivity index (χ1v) is 6.38. The lowest BCUT2D eigenvalue weighted by Crippen LogP contribution is -2.35. The smallest absolute Gasteiger partial charge is 0.408 e. The Hall–Kier alpha value is -1.26. The fourth-order valence-electron chi connectivity index (χ4n) is 1.34. The van der Waals surface area contributed by atoms with E-state index in [0.29, 0.717) is 21.9 Å². The van der Waals surface area contributed by atoms with Gasteiger partial charge in [0.25, 0.3) is 0 Å². The zero-order chi connectivity index (χ0) is 14.6. The average molecular weight is 304 g/mol. The molecule has 0 fully saturated rings. The fourth-order valence-corrected chi connectivity index (χ4v) is 1.64. The monoisotopic (exact) mass is 303 g/mol. The van der Waals surface area contributed by atoms with Gasteiger partial charge < -0.3 is 14.8 Å². The molecule has 0 bridgehead atoms. The van der Waals surface area contributed by atoms with Crippen LogP contribution in [0.5, 0.6) is 0 Å². The highest BCUT2D eigenvalue weighted by Crippen LogP contribution is 2.25. The van der Waals surface area contributed by atoms with E-state index in [9.17, 15) is 9.59 Å². The molecule has 6 heteroatoms. The van der Waals surface area contributed by atoms with Crippen LogP contribution < -0.4 is 5.32 Å². The second kappa shape index (κ2) is 6.26. The molecule has 1 unspecified atom stereocenters. The van der Waals surface area contributed by atoms with Crippen molar-refractivity contribution in [2.75, 3.05) is 0 Å². The number of rotatable bonds is 3. The Morgan fingerprint density at radius 2 is 1.95 bits per heavy atom. The highest BCUT2D eigenvalue weighted by atomic mass is 35.5. The summed E-state index contributed by atoms with van der Waals surface area (Å²) in [7, 11) is 0. The number of carbonyl (C=O) groups is 2. The highest BCUT2D eigenvalue weighted by Gasteiger charge is 2.20. The van der Waals surface area contributed by atoms with Crippen molar-refractivity contribution in [3.63, 3.8) is 0 Å². The summed E-state index contributed by atoms with van der Waals surface area (Å²) in [6.45, 7) is 5.21. The average Bonchev–Trinajstić information content (AvgIpc) is 2.27. The molecular weight excluding hydrogens is 289 g/mol. The number of hydrogen-bond acceptors (Lipinski definition) is 3. The Bertz CT molecular complexity index is 483. The van der Waals surface area contributed by atoms with Gasteiger partial charge in [-0.05, 0) is 38.5 Å². The summed E-state index contributed by atoms with van der Waals surface area (Å²) in [6, 6.07) is 3.88. The van der Waals surface area contributed by atoms with Crippen LogP contribution in [0.2, 0.25) is 10.0 Å². The van der Waals surface area contributed by atoms with Gasteiger partial charge in [-0.25, -0.2) is 4.79 Å². The molecule has 0 aliphatic heterocycles. The van der Waals surface area contributed by atoms with Gasteiger partial charge in [-0.15, -0.1) is 0 Å². The number of amides is 1. The molecule has 1 N–H and O–H groups in total. The predicted octanol–water partition coefficient (Wildman–Crippen LogP) is 3.76. The number of hydrogen-bond donors (Lipinski definition) is 1. The minimum Gasteiger partial charge on any atom is -0.444 e. The molecule has 0 saturated carbocycles. The van der Waals surface area contributed by atoms with E-state index < -0.39 is 17.7 Å². The minimum atomic E-state index is -0.829. The molecule has 1 atom stereocenters. The van der Waals surface area contributed by atoms with E-state index in [0.717, 1.165) is 0 Å². The number of aldehydes is 1. The molecule has 1 amide bonds. The van der Waals surface area contributed by atoms with Gasteiger partial charge in [0.05, 0.1) is 10.0 Å². The van der Waals surface area contributed by atoms with Crippen molar-refractivity contribution in [1.29, 1.82) is 0 Å². The second-order valence-corrected chi connectivity index (χ2v) is 5.75. The van der Waals surface area contributed by atoms with Crippen molar-refractivity contribution >= 4 is 35.6 Å². The van der Waals surface area contributed by atoms with Gasteiger partial charge in [-0.2, -0.15) is 0 Å². The van der Waals surface area contributed by atoms with Crippen LogP contribution in [0.25, 0.3) is 0 Å². The molecule has 1 aromatic carbocycles. The van der Waals surface area contributed by atoms with Crippen molar-refractivity contribution in [3.05, 3.63) is 33.8 Å². The fraction of sp³-hybridized carbons (Fsp3) is 0.385. The molecular formula is C13H15Cl2NO3. The summed E-state index contributed by atoms with van der Waals surface area (Å²) in [6.07, 6.45) is -0.0700. The van der Waals surface area contributed by atoms with Crippen LogP contribution in [0.3, 0.4) is 0 Å². The Balaban J connectivity index is 2.81. The van der Waals surface area contributed by atoms with Crippen LogP contribution in [-0.4, -0.2) is 18.0 Å². The van der Waals surface area contributed by atoms with Gasteiger partial charge in [0.1, 0.15) is 17.9 Å². The normalized spacial score (nSPS) is 12.7. The van der Waals surface area contributed by atoms with Crippen molar-refractivity contribution in [2.24, 2.45) is 0 Å². The third kappa shape index (κ3) is 5.09. The summed E-state index contributed by atoms with van der Waals surface area (Å²) < 4.78 is 5.08. The molecule has 0 radical (unpaired) electrons. The second-order valence-electron chi connectivity index (χ2n) is 4.93. The number of benzene rings is 1. The van der Waals surface area contributed by atoms with Crippen molar-refractivity contribution in [3.8, 4) is 0 Å². The lowest BCUT2D eigenvalue weighted by molar-refractivity contribution is -0.109. The SMILES string of the molecule is CC(C)(C)OC(=O)NC(C=O)c1ccc(Cl)c(Cl)c1. The minimum absolute atomic E-state index is 0.317. The Morgan fingerprint density at radius 1 is 1.32 bits per heavy atom. The summed E-state index contributed by atoms with van der Waals surface area (Å²) in [5.74, 6) is 0. The zero-order valence-electron chi connectivity index (χ0n) is 10.9. The summed E-state index contributed by atoms with van der Waals surface area (Å²) in [5.41, 5.74) is -0.0925. The van der Waals surface area contributed by atoms with Gasteiger partial charge in [-0.3, -0.25) is 0 Å². The van der Waals surface area contributed by atoms with E-state index in [1.54, 1.807) is 32.9 Å². The summed E-state index contributed by atoms with van der Waals surface area (Å²) in [4.78, 5) is 22.7. The largest absolute Gasteiger partial charge is 0.444 e. The van der Waals surface area contributed by atoms with E-state index >= 15 is 0 Å². The molecule has 104 valence electrons. The van der Waals surface area contributed by atoms with E-state index in [1.165, 1.54) is 6.07 Å². The molecule has 1 aromatic rings. The lowest BCUT2D eigenvalue weighted by Gasteiger charge is -2.21. The third-order valence-electron chi connectivity index (χ3n) is 2.11. The first-order valence-electron chi connectivity index (χ1n) is 5.62. The molecule has 0 aliphatic rings. The van der Waals surface area contributed by atoms with E-state index in [1.807, 2.05) is 0 Å². The van der Waals surface area contributed by atoms with Gasteiger partial charge >= 0.3 is 6.09 Å². The van der Waals surface area contributed by atoms with Crippen molar-refractivity contribution < 1.29 is 14.3 Å². The molecule has 1 rings (SSSR count). The van der Waals surface area contributed by atoms with Gasteiger partial charge in [0.15, 0.2) is 0 Å². The van der Waals surface area contributed by atoms with E-state index in [-0.39, 0.29) is 0 Å². The zero-order valence-corrected chi connectivity index (χ0v) is 12.4. The third-order valence-corrected chi connectivity index (χ3v) is 2.85. The Labute approximate surface area is 122 Å². The Kier molecular flexibility index (Phi) is 5.20. The molecule has 19 heavy (non-hydrogen) atoms. The van der Waals surface area contributed by atoms with Crippen LogP contribution in [0.15, 0.2) is 18.2 Å². The number of alkyl carbamates (subject to hydrolysis) is 1. The maximum atomic E-state index is 11.6. The van der Waals surface area contributed by atoms with Gasteiger partial charge in [-0.1, -0.05) is 29.3 Å². The van der Waals surface area contributed by atoms with Crippen molar-refractivity contribution in [1.82, 2.24) is 5.32 Å². The molecule has 0 saturated heterocycles. The molecule has 0 heterocycles. The first kappa shape index (κ1) is 15.8. The van der Waals surface area contributed by atoms with Crippen molar-refractivity contribution in [2.45, 2.75) is 32.4 Å². The topological polar surface area (TPSA) is 55.4 Å². The Morgan fingerprint density at radius 3 is 2.42 bits per heavy atom. The molecule has 0 aliphatic carbocycles. The number of nitrogens with one attached hydrogen (secondary N) is 1. The molecule has 0 aromatic heterocycles. The maximum absolute atomic E-state index is 11.6. The molecule has 4 nitrogen and oxygen atoms in total. The highest BCUT2D eigenvalue weighted by molar-refractivity contribution is 6.42. The predicted molar refractivity (Wildman–Crippen MR) is 74.6 cm³/mol. The van der Waals surface area contributed by atoms with Crippen LogP contribution in [0.1, 0.15) is 32.4 Å². The van der Waals surface area contributed by atoms with Crippen LogP contribution in [0, 0.1) is 0 Å². The van der Waals surface area contributed by atoms with Gasteiger partial charge in [0, 0.05) is 0 Å². The number of halogens is 2. The maximum Gasteiger partial charge on any atom is 0.408 e. The quantitative estimate of drug-likeness (QED) is 0.865. The molecule has 0 spiro atoms. The van der Waals surface area contributed by atoms with E-state index in [2.05, 4.69) is 5.32 Å². The standard InChI is InChI=1S/C13H15Cl2NO3/c1-13(2,3)19-12(18)16-11(7-17)8-4-5-9(14)10(15)6-8/h4-7,11H,1-3H3,(H,16,18).